The summed E-state index contributed by atoms with van der Waals surface area (Å²) in [5.74, 6) is 1.91. The van der Waals surface area contributed by atoms with Gasteiger partial charge in [0, 0.05) is 29.0 Å². The van der Waals surface area contributed by atoms with Crippen LogP contribution in [-0.2, 0) is 0 Å². The number of thioether (sulfide) groups is 1. The number of aliphatic hydroxyl groups is 1. The molecule has 4 rings (SSSR count). The molecule has 0 amide bonds. The lowest BCUT2D eigenvalue weighted by Gasteiger charge is -2.20. The van der Waals surface area contributed by atoms with Gasteiger partial charge in [-0.25, -0.2) is 4.98 Å². The maximum atomic E-state index is 10.1. The summed E-state index contributed by atoms with van der Waals surface area (Å²) < 4.78 is 11.5. The summed E-state index contributed by atoms with van der Waals surface area (Å²) in [6.45, 7) is 6.38. The Balaban J connectivity index is 1.59. The van der Waals surface area contributed by atoms with E-state index < -0.39 is 5.60 Å². The molecule has 0 aliphatic carbocycles. The van der Waals surface area contributed by atoms with E-state index in [0.29, 0.717) is 30.3 Å². The van der Waals surface area contributed by atoms with Crippen molar-refractivity contribution in [3.05, 3.63) is 47.8 Å². The first-order valence-corrected chi connectivity index (χ1v) is 10.4. The molecule has 0 fully saturated rings. The van der Waals surface area contributed by atoms with E-state index in [2.05, 4.69) is 21.0 Å². The van der Waals surface area contributed by atoms with Crippen molar-refractivity contribution in [3.8, 4) is 17.4 Å². The van der Waals surface area contributed by atoms with E-state index in [0.717, 1.165) is 27.2 Å². The second-order valence-electron chi connectivity index (χ2n) is 7.95. The fourth-order valence-electron chi connectivity index (χ4n) is 3.38. The van der Waals surface area contributed by atoms with E-state index >= 15 is 0 Å². The molecule has 1 unspecified atom stereocenters. The molecular formula is C22H25N3O3S. The molecule has 1 atom stereocenters. The number of hydrogen-bond acceptors (Lipinski definition) is 6. The Labute approximate surface area is 174 Å². The van der Waals surface area contributed by atoms with Gasteiger partial charge in [0.15, 0.2) is 0 Å². The van der Waals surface area contributed by atoms with Gasteiger partial charge >= 0.3 is 0 Å². The molecule has 29 heavy (non-hydrogen) atoms. The van der Waals surface area contributed by atoms with Gasteiger partial charge in [-0.15, -0.1) is 0 Å². The van der Waals surface area contributed by atoms with Gasteiger partial charge in [-0.2, -0.15) is 0 Å². The molecule has 0 saturated heterocycles. The van der Waals surface area contributed by atoms with Gasteiger partial charge in [0.2, 0.25) is 5.88 Å². The normalized spacial score (nSPS) is 16.9. The number of nitrogens with zero attached hydrogens (tertiary/aromatic N) is 2. The van der Waals surface area contributed by atoms with Crippen LogP contribution in [0.5, 0.6) is 17.4 Å². The highest BCUT2D eigenvalue weighted by Gasteiger charge is 2.27. The first-order valence-electron chi connectivity index (χ1n) is 9.56. The molecule has 152 valence electrons. The monoisotopic (exact) mass is 411 g/mol. The minimum atomic E-state index is -0.692. The van der Waals surface area contributed by atoms with E-state index in [-0.39, 0.29) is 5.25 Å². The maximum Gasteiger partial charge on any atom is 0.219 e. The number of fused-ring (bicyclic) bond motifs is 1. The SMILES string of the molecule is COc1cc(Oc2ccc(C)cn2)cc2cc(C3=NCC(CC(C)(C)O)S3)[nH]c12. The largest absolute Gasteiger partial charge is 0.494 e. The predicted molar refractivity (Wildman–Crippen MR) is 118 cm³/mol. The number of aryl methyl sites for hydroxylation is 1. The first kappa shape index (κ1) is 19.8. The summed E-state index contributed by atoms with van der Waals surface area (Å²) in [5.41, 5.74) is 2.24. The van der Waals surface area contributed by atoms with Crippen molar-refractivity contribution in [2.75, 3.05) is 13.7 Å². The Hall–Kier alpha value is -2.51. The van der Waals surface area contributed by atoms with Crippen molar-refractivity contribution in [2.24, 2.45) is 4.99 Å². The Morgan fingerprint density at radius 3 is 2.79 bits per heavy atom. The molecule has 0 radical (unpaired) electrons. The summed E-state index contributed by atoms with van der Waals surface area (Å²) >= 11 is 1.70. The molecule has 0 saturated carbocycles. The number of benzene rings is 1. The number of hydrogen-bond donors (Lipinski definition) is 2. The second-order valence-corrected chi connectivity index (χ2v) is 9.24. The Bertz CT molecular complexity index is 1050. The predicted octanol–water partition coefficient (Wildman–Crippen LogP) is 4.70. The number of methoxy groups -OCH3 is 1. The van der Waals surface area contributed by atoms with Crippen LogP contribution < -0.4 is 9.47 Å². The number of aromatic amines is 1. The van der Waals surface area contributed by atoms with Crippen molar-refractivity contribution in [1.29, 1.82) is 0 Å². The van der Waals surface area contributed by atoms with Crippen LogP contribution in [0, 0.1) is 6.92 Å². The van der Waals surface area contributed by atoms with Gasteiger partial charge in [-0.3, -0.25) is 4.99 Å². The molecule has 6 nitrogen and oxygen atoms in total. The van der Waals surface area contributed by atoms with Crippen LogP contribution in [0.2, 0.25) is 0 Å². The molecular weight excluding hydrogens is 386 g/mol. The molecule has 0 bridgehead atoms. The van der Waals surface area contributed by atoms with Crippen LogP contribution in [0.4, 0.5) is 0 Å². The van der Waals surface area contributed by atoms with Crippen molar-refractivity contribution in [1.82, 2.24) is 9.97 Å². The zero-order chi connectivity index (χ0) is 20.6. The van der Waals surface area contributed by atoms with E-state index in [1.54, 1.807) is 25.1 Å². The van der Waals surface area contributed by atoms with Gasteiger partial charge in [0.25, 0.3) is 0 Å². The summed E-state index contributed by atoms with van der Waals surface area (Å²) in [6.07, 6.45) is 2.48. The topological polar surface area (TPSA) is 79.7 Å². The summed E-state index contributed by atoms with van der Waals surface area (Å²) in [6, 6.07) is 9.69. The number of aromatic nitrogens is 2. The number of nitrogens with one attached hydrogen (secondary N) is 1. The molecule has 1 aliphatic rings. The Kier molecular flexibility index (Phi) is 5.27. The lowest BCUT2D eigenvalue weighted by molar-refractivity contribution is 0.0714. The average Bonchev–Trinajstić information content (AvgIpc) is 3.28. The number of aliphatic imine (C=N–C) groups is 1. The molecule has 0 spiro atoms. The number of rotatable bonds is 6. The highest BCUT2D eigenvalue weighted by atomic mass is 32.2. The van der Waals surface area contributed by atoms with Crippen LogP contribution in [0.25, 0.3) is 10.9 Å². The van der Waals surface area contributed by atoms with Crippen LogP contribution in [-0.4, -0.2) is 44.6 Å². The van der Waals surface area contributed by atoms with E-state index in [4.69, 9.17) is 9.47 Å². The summed E-state index contributed by atoms with van der Waals surface area (Å²) in [7, 11) is 1.64. The highest BCUT2D eigenvalue weighted by Crippen LogP contribution is 2.36. The van der Waals surface area contributed by atoms with Gasteiger partial charge in [-0.05, 0) is 44.9 Å². The summed E-state index contributed by atoms with van der Waals surface area (Å²) in [4.78, 5) is 12.4. The van der Waals surface area contributed by atoms with Gasteiger partial charge < -0.3 is 19.6 Å². The second kappa shape index (κ2) is 7.72. The molecule has 3 aromatic rings. The summed E-state index contributed by atoms with van der Waals surface area (Å²) in [5, 5.41) is 12.3. The van der Waals surface area contributed by atoms with Crippen LogP contribution in [0.3, 0.4) is 0 Å². The van der Waals surface area contributed by atoms with E-state index in [9.17, 15) is 5.11 Å². The quantitative estimate of drug-likeness (QED) is 0.615. The fourth-order valence-corrected chi connectivity index (χ4v) is 4.73. The Morgan fingerprint density at radius 2 is 2.10 bits per heavy atom. The molecule has 7 heteroatoms. The van der Waals surface area contributed by atoms with Crippen molar-refractivity contribution in [3.63, 3.8) is 0 Å². The van der Waals surface area contributed by atoms with Crippen LogP contribution >= 0.6 is 11.8 Å². The molecule has 3 heterocycles. The van der Waals surface area contributed by atoms with Crippen molar-refractivity contribution in [2.45, 2.75) is 38.0 Å². The fraction of sp³-hybridized carbons (Fsp3) is 0.364. The average molecular weight is 412 g/mol. The highest BCUT2D eigenvalue weighted by molar-refractivity contribution is 8.15. The van der Waals surface area contributed by atoms with E-state index in [1.807, 2.05) is 45.0 Å². The van der Waals surface area contributed by atoms with Gasteiger partial charge in [0.05, 0.1) is 30.5 Å². The molecule has 1 aromatic carbocycles. The van der Waals surface area contributed by atoms with Crippen molar-refractivity contribution < 1.29 is 14.6 Å². The minimum absolute atomic E-state index is 0.282. The zero-order valence-corrected chi connectivity index (χ0v) is 17.8. The lowest BCUT2D eigenvalue weighted by atomic mass is 10.0. The van der Waals surface area contributed by atoms with Gasteiger partial charge in [-0.1, -0.05) is 17.8 Å². The van der Waals surface area contributed by atoms with Crippen molar-refractivity contribution >= 4 is 27.7 Å². The molecule has 2 N–H and O–H groups in total. The zero-order valence-electron chi connectivity index (χ0n) is 17.0. The smallest absolute Gasteiger partial charge is 0.219 e. The molecule has 2 aromatic heterocycles. The molecule has 1 aliphatic heterocycles. The number of H-pyrrole nitrogens is 1. The van der Waals surface area contributed by atoms with E-state index in [1.165, 1.54) is 0 Å². The van der Waals surface area contributed by atoms with Crippen LogP contribution in [0.15, 0.2) is 41.5 Å². The third-order valence-electron chi connectivity index (χ3n) is 4.67. The number of ether oxygens (including phenoxy) is 2. The standard InChI is InChI=1S/C22H25N3O3S/c1-13-5-6-19(23-11-13)28-15-7-14-8-17(25-20(14)18(9-15)27-4)21-24-12-16(29-21)10-22(2,3)26/h5-9,11,16,25-26H,10,12H2,1-4H3. The van der Waals surface area contributed by atoms with Gasteiger partial charge in [0.1, 0.15) is 16.5 Å². The third-order valence-corrected chi connectivity index (χ3v) is 5.89. The first-order chi connectivity index (χ1) is 13.8. The Morgan fingerprint density at radius 1 is 1.28 bits per heavy atom. The number of pyridine rings is 1. The maximum absolute atomic E-state index is 10.1. The minimum Gasteiger partial charge on any atom is -0.494 e. The van der Waals surface area contributed by atoms with Crippen LogP contribution in [0.1, 0.15) is 31.5 Å². The third kappa shape index (κ3) is 4.57. The lowest BCUT2D eigenvalue weighted by Crippen LogP contribution is -2.25.